The number of benzene rings is 3. The van der Waals surface area contributed by atoms with Crippen molar-refractivity contribution in [2.45, 2.75) is 18.8 Å². The molecule has 0 amide bonds. The van der Waals surface area contributed by atoms with Gasteiger partial charge in [0, 0.05) is 33.9 Å². The summed E-state index contributed by atoms with van der Waals surface area (Å²) in [4.78, 5) is 26.4. The van der Waals surface area contributed by atoms with E-state index in [2.05, 4.69) is 5.32 Å². The van der Waals surface area contributed by atoms with Gasteiger partial charge in [0.2, 0.25) is 6.29 Å². The van der Waals surface area contributed by atoms with Gasteiger partial charge in [-0.2, -0.15) is 0 Å². The first-order valence-electron chi connectivity index (χ1n) is 10.2. The molecule has 0 bridgehead atoms. The van der Waals surface area contributed by atoms with Crippen molar-refractivity contribution < 1.29 is 19.1 Å². The highest BCUT2D eigenvalue weighted by atomic mass is 16.7. The molecule has 5 heteroatoms. The number of para-hydroxylation sites is 1. The first-order chi connectivity index (χ1) is 14.7. The van der Waals surface area contributed by atoms with Crippen LogP contribution in [0.2, 0.25) is 0 Å². The van der Waals surface area contributed by atoms with Crippen LogP contribution in [-0.4, -0.2) is 24.5 Å². The number of nitrogens with one attached hydrogen (secondary N) is 1. The molecule has 3 aromatic carbocycles. The van der Waals surface area contributed by atoms with Gasteiger partial charge >= 0.3 is 0 Å². The Morgan fingerprint density at radius 1 is 0.800 bits per heavy atom. The number of anilines is 1. The molecule has 5 nitrogen and oxygen atoms in total. The Labute approximate surface area is 173 Å². The smallest absolute Gasteiger partial charge is 0.205 e. The first kappa shape index (κ1) is 17.4. The molecular formula is C25H19NO4. The van der Waals surface area contributed by atoms with E-state index in [0.29, 0.717) is 34.5 Å². The Kier molecular flexibility index (Phi) is 3.80. The Hall–Kier alpha value is -3.44. The first-order valence-corrected chi connectivity index (χ1v) is 10.2. The standard InChI is InChI=1S/C25H19NO4/c27-23-14-6-1-2-7-15(14)24(28)21-17(23)9-5-10-19(21)26-22-16-8-3-4-11-20(16)30-25-18(22)12-13-29-25/h1-11,18,22,25-26H,12-13H2/t18-,22-,25+/m1/s1. The van der Waals surface area contributed by atoms with Crippen LogP contribution in [-0.2, 0) is 4.74 Å². The Bertz CT molecular complexity index is 1200. The molecule has 0 radical (unpaired) electrons. The number of carbonyl (C=O) groups excluding carboxylic acids is 2. The summed E-state index contributed by atoms with van der Waals surface area (Å²) in [6.07, 6.45) is 0.552. The monoisotopic (exact) mass is 397 g/mol. The highest BCUT2D eigenvalue weighted by Crippen LogP contribution is 2.45. The van der Waals surface area contributed by atoms with Crippen LogP contribution >= 0.6 is 0 Å². The van der Waals surface area contributed by atoms with E-state index in [0.717, 1.165) is 17.7 Å². The van der Waals surface area contributed by atoms with Crippen molar-refractivity contribution in [2.24, 2.45) is 5.92 Å². The van der Waals surface area contributed by atoms with E-state index < -0.39 is 0 Å². The van der Waals surface area contributed by atoms with Crippen molar-refractivity contribution in [3.05, 3.63) is 94.5 Å². The van der Waals surface area contributed by atoms with Gasteiger partial charge in [0.15, 0.2) is 11.6 Å². The normalized spacial score (nSPS) is 23.7. The van der Waals surface area contributed by atoms with Crippen molar-refractivity contribution >= 4 is 17.3 Å². The van der Waals surface area contributed by atoms with Crippen LogP contribution in [0, 0.1) is 5.92 Å². The molecule has 3 atom stereocenters. The molecule has 148 valence electrons. The third kappa shape index (κ3) is 2.45. The fourth-order valence-corrected chi connectivity index (χ4v) is 4.84. The lowest BCUT2D eigenvalue weighted by Gasteiger charge is -2.36. The zero-order valence-corrected chi connectivity index (χ0v) is 16.1. The minimum absolute atomic E-state index is 0.0750. The van der Waals surface area contributed by atoms with Crippen LogP contribution in [0.25, 0.3) is 0 Å². The molecule has 6 rings (SSSR count). The molecule has 1 saturated heterocycles. The molecule has 30 heavy (non-hydrogen) atoms. The second-order valence-electron chi connectivity index (χ2n) is 7.90. The van der Waals surface area contributed by atoms with E-state index in [-0.39, 0.29) is 29.8 Å². The van der Waals surface area contributed by atoms with Gasteiger partial charge in [-0.3, -0.25) is 9.59 Å². The van der Waals surface area contributed by atoms with Gasteiger partial charge in [-0.15, -0.1) is 0 Å². The van der Waals surface area contributed by atoms with Crippen molar-refractivity contribution in [3.63, 3.8) is 0 Å². The summed E-state index contributed by atoms with van der Waals surface area (Å²) in [6.45, 7) is 0.638. The third-order valence-corrected chi connectivity index (χ3v) is 6.27. The lowest BCUT2D eigenvalue weighted by Crippen LogP contribution is -2.36. The molecule has 1 aliphatic carbocycles. The summed E-state index contributed by atoms with van der Waals surface area (Å²) in [5.74, 6) is 0.675. The molecule has 3 aromatic rings. The summed E-state index contributed by atoms with van der Waals surface area (Å²) in [6, 6.07) is 20.3. The minimum atomic E-state index is -0.310. The van der Waals surface area contributed by atoms with Crippen LogP contribution < -0.4 is 10.1 Å². The predicted octanol–water partition coefficient (Wildman–Crippen LogP) is 4.37. The van der Waals surface area contributed by atoms with Crippen LogP contribution in [0.3, 0.4) is 0 Å². The van der Waals surface area contributed by atoms with Gasteiger partial charge in [-0.05, 0) is 18.6 Å². The maximum atomic E-state index is 13.3. The fraction of sp³-hybridized carbons (Fsp3) is 0.200. The summed E-state index contributed by atoms with van der Waals surface area (Å²) >= 11 is 0. The summed E-state index contributed by atoms with van der Waals surface area (Å²) in [5, 5.41) is 3.59. The molecular weight excluding hydrogens is 378 g/mol. The summed E-state index contributed by atoms with van der Waals surface area (Å²) in [5.41, 5.74) is 3.53. The highest BCUT2D eigenvalue weighted by Gasteiger charge is 2.43. The molecule has 2 aliphatic heterocycles. The number of fused-ring (bicyclic) bond motifs is 4. The fourth-order valence-electron chi connectivity index (χ4n) is 4.84. The van der Waals surface area contributed by atoms with E-state index in [1.54, 1.807) is 30.3 Å². The van der Waals surface area contributed by atoms with Gasteiger partial charge in [0.25, 0.3) is 0 Å². The average Bonchev–Trinajstić information content (AvgIpc) is 3.25. The second kappa shape index (κ2) is 6.54. The number of carbonyl (C=O) groups is 2. The van der Waals surface area contributed by atoms with E-state index >= 15 is 0 Å². The van der Waals surface area contributed by atoms with Gasteiger partial charge in [-0.25, -0.2) is 0 Å². The van der Waals surface area contributed by atoms with E-state index in [1.807, 2.05) is 36.4 Å². The summed E-state index contributed by atoms with van der Waals surface area (Å²) < 4.78 is 11.8. The van der Waals surface area contributed by atoms with Gasteiger partial charge in [-0.1, -0.05) is 54.6 Å². The van der Waals surface area contributed by atoms with E-state index in [4.69, 9.17) is 9.47 Å². The quantitative estimate of drug-likeness (QED) is 0.544. The number of hydrogen-bond donors (Lipinski definition) is 1. The maximum absolute atomic E-state index is 13.3. The number of ketones is 2. The molecule has 0 aromatic heterocycles. The maximum Gasteiger partial charge on any atom is 0.205 e. The zero-order chi connectivity index (χ0) is 20.2. The van der Waals surface area contributed by atoms with Crippen molar-refractivity contribution in [2.75, 3.05) is 11.9 Å². The summed E-state index contributed by atoms with van der Waals surface area (Å²) in [7, 11) is 0. The highest BCUT2D eigenvalue weighted by molar-refractivity contribution is 6.30. The lowest BCUT2D eigenvalue weighted by molar-refractivity contribution is -0.0747. The molecule has 1 N–H and O–H groups in total. The predicted molar refractivity (Wildman–Crippen MR) is 111 cm³/mol. The van der Waals surface area contributed by atoms with Crippen LogP contribution in [0.4, 0.5) is 5.69 Å². The average molecular weight is 397 g/mol. The molecule has 1 fully saturated rings. The molecule has 2 heterocycles. The van der Waals surface area contributed by atoms with Crippen LogP contribution in [0.15, 0.2) is 66.7 Å². The minimum Gasteiger partial charge on any atom is -0.464 e. The molecule has 0 unspecified atom stereocenters. The van der Waals surface area contributed by atoms with Crippen molar-refractivity contribution in [1.29, 1.82) is 0 Å². The largest absolute Gasteiger partial charge is 0.464 e. The van der Waals surface area contributed by atoms with Gasteiger partial charge < -0.3 is 14.8 Å². The number of rotatable bonds is 2. The van der Waals surface area contributed by atoms with E-state index in [9.17, 15) is 9.59 Å². The Balaban J connectivity index is 1.46. The van der Waals surface area contributed by atoms with Gasteiger partial charge in [0.1, 0.15) is 5.75 Å². The second-order valence-corrected chi connectivity index (χ2v) is 7.90. The third-order valence-electron chi connectivity index (χ3n) is 6.27. The number of hydrogen-bond acceptors (Lipinski definition) is 5. The molecule has 3 aliphatic rings. The zero-order valence-electron chi connectivity index (χ0n) is 16.1. The topological polar surface area (TPSA) is 64.6 Å². The van der Waals surface area contributed by atoms with Crippen molar-refractivity contribution in [3.8, 4) is 5.75 Å². The lowest BCUT2D eigenvalue weighted by atomic mass is 9.82. The van der Waals surface area contributed by atoms with E-state index in [1.165, 1.54) is 0 Å². The van der Waals surface area contributed by atoms with Crippen LogP contribution in [0.5, 0.6) is 5.75 Å². The Morgan fingerprint density at radius 3 is 2.40 bits per heavy atom. The van der Waals surface area contributed by atoms with Gasteiger partial charge in [0.05, 0.1) is 18.2 Å². The van der Waals surface area contributed by atoms with Crippen molar-refractivity contribution in [1.82, 2.24) is 0 Å². The number of ether oxygens (including phenoxy) is 2. The SMILES string of the molecule is O=C1c2ccccc2C(=O)c2c(N[C@@H]3c4ccccc4O[C@@H]4OCC[C@@H]43)cccc21. The van der Waals surface area contributed by atoms with Crippen LogP contribution in [0.1, 0.15) is 49.9 Å². The Morgan fingerprint density at radius 2 is 1.53 bits per heavy atom. The molecule has 0 saturated carbocycles. The molecule has 0 spiro atoms.